The zero-order valence-corrected chi connectivity index (χ0v) is 12.1. The van der Waals surface area contributed by atoms with E-state index in [2.05, 4.69) is 37.7 Å². The van der Waals surface area contributed by atoms with E-state index in [0.717, 1.165) is 26.4 Å². The fourth-order valence-corrected chi connectivity index (χ4v) is 2.13. The van der Waals surface area contributed by atoms with E-state index in [1.165, 1.54) is 0 Å². The molecule has 0 bridgehead atoms. The van der Waals surface area contributed by atoms with Gasteiger partial charge in [0.15, 0.2) is 0 Å². The lowest BCUT2D eigenvalue weighted by molar-refractivity contribution is 0.406. The molecule has 0 amide bonds. The first-order chi connectivity index (χ1) is 8.11. The van der Waals surface area contributed by atoms with Crippen LogP contribution in [0.3, 0.4) is 0 Å². The van der Waals surface area contributed by atoms with Crippen LogP contribution in [0.25, 0.3) is 0 Å². The molecule has 2 rings (SSSR count). The molecule has 0 aliphatic heterocycles. The predicted molar refractivity (Wildman–Crippen MR) is 72.1 cm³/mol. The quantitative estimate of drug-likeness (QED) is 0.799. The summed E-state index contributed by atoms with van der Waals surface area (Å²) in [4.78, 5) is 8.50. The van der Waals surface area contributed by atoms with E-state index in [1.54, 1.807) is 18.1 Å². The van der Waals surface area contributed by atoms with Crippen molar-refractivity contribution in [2.45, 2.75) is 20.4 Å². The predicted octanol–water partition coefficient (Wildman–Crippen LogP) is 1.95. The van der Waals surface area contributed by atoms with Gasteiger partial charge in [0.1, 0.15) is 12.1 Å². The van der Waals surface area contributed by atoms with E-state index < -0.39 is 0 Å². The van der Waals surface area contributed by atoms with Crippen LogP contribution >= 0.6 is 22.6 Å². The number of pyridine rings is 1. The minimum absolute atomic E-state index is 0.610. The average molecular weight is 344 g/mol. The molecule has 0 unspecified atom stereocenters. The number of hydrogen-bond acceptors (Lipinski definition) is 4. The Kier molecular flexibility index (Phi) is 3.60. The lowest BCUT2D eigenvalue weighted by atomic mass is 10.1. The van der Waals surface area contributed by atoms with Crippen molar-refractivity contribution in [1.82, 2.24) is 19.7 Å². The minimum Gasteiger partial charge on any atom is -0.496 e. The summed E-state index contributed by atoms with van der Waals surface area (Å²) < 4.78 is 7.88. The van der Waals surface area contributed by atoms with Crippen LogP contribution in [-0.4, -0.2) is 26.9 Å². The lowest BCUT2D eigenvalue weighted by Crippen LogP contribution is -2.06. The van der Waals surface area contributed by atoms with Crippen molar-refractivity contribution in [2.75, 3.05) is 7.11 Å². The van der Waals surface area contributed by atoms with E-state index in [9.17, 15) is 0 Å². The van der Waals surface area contributed by atoms with E-state index in [0.29, 0.717) is 6.54 Å². The summed E-state index contributed by atoms with van der Waals surface area (Å²) in [5.41, 5.74) is 3.05. The zero-order valence-electron chi connectivity index (χ0n) is 9.94. The van der Waals surface area contributed by atoms with Gasteiger partial charge in [0.05, 0.1) is 19.3 Å². The van der Waals surface area contributed by atoms with Crippen molar-refractivity contribution >= 4 is 22.6 Å². The van der Waals surface area contributed by atoms with Gasteiger partial charge in [-0.15, -0.1) is 5.10 Å². The standard InChI is InChI=1S/C11H13IN4O/c1-7-4-13-9(8(2)10(7)17-3)5-16-6-14-11(12)15-16/h4,6H,5H2,1-3H3. The normalized spacial score (nSPS) is 10.6. The monoisotopic (exact) mass is 344 g/mol. The number of ether oxygens (including phenoxy) is 1. The third-order valence-electron chi connectivity index (χ3n) is 2.57. The summed E-state index contributed by atoms with van der Waals surface area (Å²) in [7, 11) is 1.68. The van der Waals surface area contributed by atoms with Gasteiger partial charge < -0.3 is 4.74 Å². The van der Waals surface area contributed by atoms with E-state index in [1.807, 2.05) is 20.0 Å². The first-order valence-electron chi connectivity index (χ1n) is 5.16. The molecule has 2 heterocycles. The van der Waals surface area contributed by atoms with Crippen LogP contribution in [0.15, 0.2) is 12.5 Å². The Morgan fingerprint density at radius 2 is 2.12 bits per heavy atom. The van der Waals surface area contributed by atoms with Crippen molar-refractivity contribution in [3.63, 3.8) is 0 Å². The molecule has 0 N–H and O–H groups in total. The first kappa shape index (κ1) is 12.3. The molecule has 17 heavy (non-hydrogen) atoms. The highest BCUT2D eigenvalue weighted by atomic mass is 127. The average Bonchev–Trinajstić information content (AvgIpc) is 2.69. The van der Waals surface area contributed by atoms with Crippen LogP contribution in [0.1, 0.15) is 16.8 Å². The van der Waals surface area contributed by atoms with Crippen LogP contribution in [-0.2, 0) is 6.54 Å². The maximum absolute atomic E-state index is 5.37. The highest BCUT2D eigenvalue weighted by Gasteiger charge is 2.10. The number of aryl methyl sites for hydroxylation is 1. The molecule has 0 aliphatic rings. The van der Waals surface area contributed by atoms with Crippen molar-refractivity contribution in [1.29, 1.82) is 0 Å². The Morgan fingerprint density at radius 3 is 2.71 bits per heavy atom. The molecule has 0 saturated carbocycles. The Balaban J connectivity index is 2.33. The molecule has 2 aromatic heterocycles. The highest BCUT2D eigenvalue weighted by molar-refractivity contribution is 14.1. The van der Waals surface area contributed by atoms with Crippen LogP contribution in [0, 0.1) is 17.7 Å². The number of rotatable bonds is 3. The van der Waals surface area contributed by atoms with Gasteiger partial charge in [-0.2, -0.15) is 0 Å². The van der Waals surface area contributed by atoms with Gasteiger partial charge in [-0.1, -0.05) is 0 Å². The van der Waals surface area contributed by atoms with Crippen molar-refractivity contribution < 1.29 is 4.74 Å². The minimum atomic E-state index is 0.610. The maximum atomic E-state index is 5.37. The lowest BCUT2D eigenvalue weighted by Gasteiger charge is -2.11. The second-order valence-corrected chi connectivity index (χ2v) is 4.72. The molecule has 90 valence electrons. The summed E-state index contributed by atoms with van der Waals surface area (Å²) in [6, 6.07) is 0. The van der Waals surface area contributed by atoms with E-state index >= 15 is 0 Å². The fourth-order valence-electron chi connectivity index (χ4n) is 1.73. The highest BCUT2D eigenvalue weighted by Crippen LogP contribution is 2.24. The van der Waals surface area contributed by atoms with Gasteiger partial charge in [-0.05, 0) is 13.8 Å². The maximum Gasteiger partial charge on any atom is 0.211 e. The summed E-state index contributed by atoms with van der Waals surface area (Å²) in [6.07, 6.45) is 3.53. The molecule has 2 aromatic rings. The fraction of sp³-hybridized carbons (Fsp3) is 0.364. The van der Waals surface area contributed by atoms with Gasteiger partial charge in [0.2, 0.25) is 3.83 Å². The van der Waals surface area contributed by atoms with Gasteiger partial charge in [-0.25, -0.2) is 9.67 Å². The largest absolute Gasteiger partial charge is 0.496 e. The Hall–Kier alpha value is -1.18. The molecule has 5 nitrogen and oxygen atoms in total. The number of aromatic nitrogens is 4. The molecule has 0 fully saturated rings. The molecule has 0 aliphatic carbocycles. The second-order valence-electron chi connectivity index (χ2n) is 3.76. The van der Waals surface area contributed by atoms with E-state index in [4.69, 9.17) is 4.74 Å². The van der Waals surface area contributed by atoms with Crippen LogP contribution in [0.5, 0.6) is 5.75 Å². The van der Waals surface area contributed by atoms with Gasteiger partial charge in [-0.3, -0.25) is 4.98 Å². The zero-order chi connectivity index (χ0) is 12.4. The molecular weight excluding hydrogens is 331 g/mol. The number of nitrogens with zero attached hydrogens (tertiary/aromatic N) is 4. The Morgan fingerprint density at radius 1 is 1.35 bits per heavy atom. The number of hydrogen-bond donors (Lipinski definition) is 0. The van der Waals surface area contributed by atoms with E-state index in [-0.39, 0.29) is 0 Å². The molecule has 0 spiro atoms. The third-order valence-corrected chi connectivity index (χ3v) is 3.06. The van der Waals surface area contributed by atoms with Crippen LogP contribution in [0.4, 0.5) is 0 Å². The summed E-state index contributed by atoms with van der Waals surface area (Å²) in [5.74, 6) is 0.893. The van der Waals surface area contributed by atoms with Gasteiger partial charge in [0.25, 0.3) is 0 Å². The summed E-state index contributed by atoms with van der Waals surface area (Å²) >= 11 is 2.08. The molecular formula is C11H13IN4O. The third kappa shape index (κ3) is 2.56. The number of methoxy groups -OCH3 is 1. The van der Waals surface area contributed by atoms with Crippen molar-refractivity contribution in [3.8, 4) is 5.75 Å². The van der Waals surface area contributed by atoms with Crippen molar-refractivity contribution in [3.05, 3.63) is 33.2 Å². The summed E-state index contributed by atoms with van der Waals surface area (Å²) in [5, 5.41) is 4.24. The molecule has 0 radical (unpaired) electrons. The Labute approximate surface area is 113 Å². The van der Waals surface area contributed by atoms with Crippen LogP contribution < -0.4 is 4.74 Å². The van der Waals surface area contributed by atoms with Crippen LogP contribution in [0.2, 0.25) is 0 Å². The smallest absolute Gasteiger partial charge is 0.211 e. The van der Waals surface area contributed by atoms with Gasteiger partial charge >= 0.3 is 0 Å². The second kappa shape index (κ2) is 4.99. The topological polar surface area (TPSA) is 52.8 Å². The van der Waals surface area contributed by atoms with Gasteiger partial charge in [0, 0.05) is 39.9 Å². The molecule has 0 saturated heterocycles. The molecule has 6 heteroatoms. The van der Waals surface area contributed by atoms with Crippen molar-refractivity contribution in [2.24, 2.45) is 0 Å². The molecule has 0 atom stereocenters. The molecule has 0 aromatic carbocycles. The number of halogens is 1. The SMILES string of the molecule is COc1c(C)cnc(Cn2cnc(I)n2)c1C. The first-order valence-corrected chi connectivity index (χ1v) is 6.23. The summed E-state index contributed by atoms with van der Waals surface area (Å²) in [6.45, 7) is 4.61. The Bertz CT molecular complexity index is 538.